The average Bonchev–Trinajstić information content (AvgIpc) is 3.29. The molecule has 0 fully saturated rings. The molecule has 0 N–H and O–H groups in total. The molecule has 0 saturated carbocycles. The fraction of sp³-hybridized carbons (Fsp3) is 0.250. The fourth-order valence-corrected chi connectivity index (χ4v) is 14.3. The van der Waals surface area contributed by atoms with Crippen LogP contribution < -0.4 is 13.6 Å². The van der Waals surface area contributed by atoms with Crippen molar-refractivity contribution in [3.8, 4) is 84.0 Å². The third-order valence-electron chi connectivity index (χ3n) is 15.3. The maximum atomic E-state index is 17.0. The highest BCUT2D eigenvalue weighted by Crippen LogP contribution is 2.57. The average molecular weight is 1040 g/mol. The lowest BCUT2D eigenvalue weighted by Gasteiger charge is -2.26. The molecule has 0 heterocycles. The number of aryl methyl sites for hydroxylation is 18. The van der Waals surface area contributed by atoms with Gasteiger partial charge in [-0.05, 0) is 278 Å². The Kier molecular flexibility index (Phi) is 15.0. The van der Waals surface area contributed by atoms with Gasteiger partial charge >= 0.3 is 7.82 Å². The monoisotopic (exact) mass is 1030 g/mol. The van der Waals surface area contributed by atoms with Gasteiger partial charge in [0.15, 0.2) is 0 Å². The summed E-state index contributed by atoms with van der Waals surface area (Å²) >= 11 is 0. The van der Waals surface area contributed by atoms with E-state index in [1.807, 2.05) is 18.2 Å². The topological polar surface area (TPSA) is 44.8 Å². The Morgan fingerprint density at radius 3 is 0.584 bits per heavy atom. The van der Waals surface area contributed by atoms with E-state index in [-0.39, 0.29) is 0 Å². The Morgan fingerprint density at radius 1 is 0.234 bits per heavy atom. The highest BCUT2D eigenvalue weighted by molar-refractivity contribution is 7.49. The molecular weight excluding hydrogens is 960 g/mol. The van der Waals surface area contributed by atoms with Crippen LogP contribution in [0.25, 0.3) is 66.8 Å². The van der Waals surface area contributed by atoms with Crippen LogP contribution >= 0.6 is 7.82 Å². The zero-order valence-electron chi connectivity index (χ0n) is 48.7. The predicted molar refractivity (Wildman–Crippen MR) is 327 cm³/mol. The lowest BCUT2D eigenvalue weighted by atomic mass is 9.89. The molecule has 0 amide bonds. The molecule has 0 spiro atoms. The van der Waals surface area contributed by atoms with Crippen molar-refractivity contribution in [3.63, 3.8) is 0 Å². The van der Waals surface area contributed by atoms with Crippen molar-refractivity contribution < 1.29 is 18.1 Å². The summed E-state index contributed by atoms with van der Waals surface area (Å²) in [5.41, 5.74) is 32.6. The van der Waals surface area contributed by atoms with Crippen molar-refractivity contribution in [1.29, 1.82) is 0 Å². The van der Waals surface area contributed by atoms with Gasteiger partial charge in [-0.15, -0.1) is 0 Å². The summed E-state index contributed by atoms with van der Waals surface area (Å²) in [6, 6.07) is 45.2. The fourth-order valence-electron chi connectivity index (χ4n) is 13.0. The predicted octanol–water partition coefficient (Wildman–Crippen LogP) is 20.9. The third kappa shape index (κ3) is 11.0. The molecular formula is C72H75O4P. The second-order valence-electron chi connectivity index (χ2n) is 22.5. The maximum Gasteiger partial charge on any atom is 0.647 e. The van der Waals surface area contributed by atoms with Crippen LogP contribution in [0.2, 0.25) is 0 Å². The molecule has 9 aromatic carbocycles. The van der Waals surface area contributed by atoms with Gasteiger partial charge in [0.05, 0.1) is 0 Å². The van der Waals surface area contributed by atoms with Crippen LogP contribution in [-0.2, 0) is 4.57 Å². The molecule has 0 aromatic heterocycles. The summed E-state index contributed by atoms with van der Waals surface area (Å²) in [7, 11) is -4.78. The zero-order chi connectivity index (χ0) is 55.5. The first-order valence-electron chi connectivity index (χ1n) is 27.0. The first-order valence-corrected chi connectivity index (χ1v) is 28.4. The Morgan fingerprint density at radius 2 is 0.403 bits per heavy atom. The molecule has 5 heteroatoms. The minimum absolute atomic E-state index is 0.382. The van der Waals surface area contributed by atoms with Crippen LogP contribution in [0.4, 0.5) is 0 Å². The van der Waals surface area contributed by atoms with E-state index in [0.29, 0.717) is 17.2 Å². The van der Waals surface area contributed by atoms with Gasteiger partial charge in [0.2, 0.25) is 0 Å². The molecule has 0 bridgehead atoms. The van der Waals surface area contributed by atoms with Gasteiger partial charge in [-0.1, -0.05) is 124 Å². The Hall–Kier alpha value is -7.39. The first kappa shape index (κ1) is 54.4. The lowest BCUT2D eigenvalue weighted by molar-refractivity contribution is 0.299. The molecule has 0 atom stereocenters. The van der Waals surface area contributed by atoms with Crippen molar-refractivity contribution in [2.24, 2.45) is 0 Å². The summed E-state index contributed by atoms with van der Waals surface area (Å²) in [6.07, 6.45) is 0. The lowest BCUT2D eigenvalue weighted by Crippen LogP contribution is -2.10. The normalized spacial score (nSPS) is 11.6. The minimum atomic E-state index is -4.78. The van der Waals surface area contributed by atoms with Crippen LogP contribution in [0.15, 0.2) is 127 Å². The Balaban J connectivity index is 1.33. The van der Waals surface area contributed by atoms with Crippen LogP contribution in [0.3, 0.4) is 0 Å². The van der Waals surface area contributed by atoms with Gasteiger partial charge in [0.1, 0.15) is 17.2 Å². The van der Waals surface area contributed by atoms with Gasteiger partial charge in [-0.2, -0.15) is 4.57 Å². The number of rotatable bonds is 12. The summed E-state index contributed by atoms with van der Waals surface area (Å²) < 4.78 is 38.6. The molecule has 0 unspecified atom stereocenters. The molecule has 0 radical (unpaired) electrons. The smallest absolute Gasteiger partial charge is 0.385 e. The van der Waals surface area contributed by atoms with Crippen LogP contribution in [-0.4, -0.2) is 0 Å². The highest BCUT2D eigenvalue weighted by atomic mass is 31.2. The van der Waals surface area contributed by atoms with E-state index in [4.69, 9.17) is 13.6 Å². The van der Waals surface area contributed by atoms with E-state index in [1.165, 1.54) is 50.1 Å². The summed E-state index contributed by atoms with van der Waals surface area (Å²) in [5.74, 6) is 1.15. The SMILES string of the molecule is Cc1cc(C)c(-c2ccc(OP(=O)(Oc3ccc(-c4c(C)cc(C)cc4C)cc3-c3c(C)cc(C)cc3C)Oc3ccc(-c4c(C)cc(C)cc4C)cc3-c3c(C)cc(C)cc3C)c(-c3c(C)cc(C)cc3C)c2)c(C)c1. The number of benzene rings is 9. The second-order valence-corrected chi connectivity index (χ2v) is 23.9. The van der Waals surface area contributed by atoms with E-state index >= 15 is 4.57 Å². The van der Waals surface area contributed by atoms with E-state index in [0.717, 1.165) is 117 Å². The molecule has 9 aromatic rings. The highest BCUT2D eigenvalue weighted by Gasteiger charge is 2.37. The standard InChI is InChI=1S/C72H75O4P/c1-40-25-46(7)67(47(8)26-40)58-19-22-64(61(37-58)70-52(13)31-43(4)32-53(70)14)74-77(73,75-65-23-20-59(68-48(9)27-41(2)28-49(68)10)38-62(65)71-54(15)33-44(5)34-55(71)16)76-66-24-21-60(69-50(11)29-42(3)30-51(69)12)39-63(66)72-56(17)35-45(6)36-57(72)18/h19-39H,1-18H3. The summed E-state index contributed by atoms with van der Waals surface area (Å²) in [5, 5.41) is 0. The van der Waals surface area contributed by atoms with E-state index in [9.17, 15) is 0 Å². The van der Waals surface area contributed by atoms with Crippen molar-refractivity contribution in [1.82, 2.24) is 0 Å². The van der Waals surface area contributed by atoms with E-state index in [2.05, 4.69) is 234 Å². The third-order valence-corrected chi connectivity index (χ3v) is 16.6. The quantitative estimate of drug-likeness (QED) is 0.114. The molecule has 0 aliphatic heterocycles. The zero-order valence-corrected chi connectivity index (χ0v) is 49.6. The van der Waals surface area contributed by atoms with Crippen molar-refractivity contribution in [2.75, 3.05) is 0 Å². The van der Waals surface area contributed by atoms with Gasteiger partial charge in [-0.3, -0.25) is 0 Å². The van der Waals surface area contributed by atoms with Crippen molar-refractivity contribution in [2.45, 2.75) is 125 Å². The first-order chi connectivity index (χ1) is 36.4. The number of hydrogen-bond acceptors (Lipinski definition) is 4. The van der Waals surface area contributed by atoms with Crippen molar-refractivity contribution >= 4 is 7.82 Å². The molecule has 392 valence electrons. The Labute approximate surface area is 459 Å². The Bertz CT molecular complexity index is 3370. The van der Waals surface area contributed by atoms with Crippen molar-refractivity contribution in [3.05, 3.63) is 228 Å². The molecule has 4 nitrogen and oxygen atoms in total. The molecule has 77 heavy (non-hydrogen) atoms. The molecule has 0 saturated heterocycles. The maximum absolute atomic E-state index is 17.0. The van der Waals surface area contributed by atoms with Crippen LogP contribution in [0.5, 0.6) is 17.2 Å². The molecule has 9 rings (SSSR count). The van der Waals surface area contributed by atoms with Gasteiger partial charge in [0, 0.05) is 16.7 Å². The van der Waals surface area contributed by atoms with Gasteiger partial charge in [-0.25, -0.2) is 0 Å². The van der Waals surface area contributed by atoms with Gasteiger partial charge in [0.25, 0.3) is 0 Å². The number of phosphoric acid groups is 1. The largest absolute Gasteiger partial charge is 0.647 e. The van der Waals surface area contributed by atoms with Crippen LogP contribution in [0, 0.1) is 125 Å². The van der Waals surface area contributed by atoms with E-state index < -0.39 is 7.82 Å². The summed E-state index contributed by atoms with van der Waals surface area (Å²) in [4.78, 5) is 0. The van der Waals surface area contributed by atoms with Gasteiger partial charge < -0.3 is 13.6 Å². The summed E-state index contributed by atoms with van der Waals surface area (Å²) in [6.45, 7) is 38.6. The molecule has 0 aliphatic carbocycles. The molecule has 0 aliphatic rings. The van der Waals surface area contributed by atoms with Crippen LogP contribution in [0.1, 0.15) is 100 Å². The minimum Gasteiger partial charge on any atom is -0.385 e. The number of hydrogen-bond donors (Lipinski definition) is 0. The number of phosphoric ester groups is 1. The van der Waals surface area contributed by atoms with E-state index in [1.54, 1.807) is 0 Å². The second kappa shape index (κ2) is 21.2.